The summed E-state index contributed by atoms with van der Waals surface area (Å²) >= 11 is 3.12. The van der Waals surface area contributed by atoms with Crippen molar-refractivity contribution in [1.29, 1.82) is 0 Å². The minimum absolute atomic E-state index is 0. The summed E-state index contributed by atoms with van der Waals surface area (Å²) in [4.78, 5) is 33.0. The van der Waals surface area contributed by atoms with Crippen molar-refractivity contribution in [2.45, 2.75) is 50.2 Å². The maximum Gasteiger partial charge on any atom is 0.303 e. The van der Waals surface area contributed by atoms with Crippen LogP contribution in [0.15, 0.2) is 0 Å². The van der Waals surface area contributed by atoms with Gasteiger partial charge in [-0.2, -0.15) is 0 Å². The minimum Gasteiger partial charge on any atom is -0.463 e. The van der Waals surface area contributed by atoms with Crippen molar-refractivity contribution in [1.82, 2.24) is 0 Å². The van der Waals surface area contributed by atoms with Gasteiger partial charge in [0.25, 0.3) is 0 Å². The van der Waals surface area contributed by atoms with Crippen LogP contribution >= 0.6 is 15.9 Å². The summed E-state index contributed by atoms with van der Waals surface area (Å²) in [5.74, 6) is -1.81. The Bertz CT molecular complexity index is 416. The zero-order valence-corrected chi connectivity index (χ0v) is 18.7. The Morgan fingerprint density at radius 3 is 2.00 bits per heavy atom. The fraction of sp³-hybridized carbons (Fsp3) is 0.750. The van der Waals surface area contributed by atoms with Gasteiger partial charge >= 0.3 is 17.9 Å². The van der Waals surface area contributed by atoms with Gasteiger partial charge in [-0.25, -0.2) is 0 Å². The van der Waals surface area contributed by atoms with Gasteiger partial charge in [-0.15, -0.1) is 0 Å². The quantitative estimate of drug-likeness (QED) is 0.273. The summed E-state index contributed by atoms with van der Waals surface area (Å²) in [5.41, 5.74) is 0. The molecule has 5 atom stereocenters. The summed E-state index contributed by atoms with van der Waals surface area (Å²) in [5, 5.41) is 9.40. The Hall–Kier alpha value is 0.252. The number of rotatable bonds is 4. The predicted octanol–water partition coefficient (Wildman–Crippen LogP) is -0.106. The molecule has 0 aromatic heterocycles. The Morgan fingerprint density at radius 2 is 1.55 bits per heavy atom. The van der Waals surface area contributed by atoms with Crippen molar-refractivity contribution in [2.24, 2.45) is 0 Å². The van der Waals surface area contributed by atoms with E-state index in [1.807, 2.05) is 0 Å². The molecule has 123 valence electrons. The fourth-order valence-corrected chi connectivity index (χ4v) is 2.57. The summed E-state index contributed by atoms with van der Waals surface area (Å²) < 4.78 is 20.2. The molecule has 0 spiro atoms. The third-order valence-electron chi connectivity index (χ3n) is 2.66. The second-order valence-electron chi connectivity index (χ2n) is 4.47. The molecule has 0 aromatic rings. The molecule has 1 saturated heterocycles. The molecular weight excluding hydrogens is 579 g/mol. The molecule has 0 bridgehead atoms. The largest absolute Gasteiger partial charge is 0.463 e. The van der Waals surface area contributed by atoms with Gasteiger partial charge in [-0.05, 0) is 0 Å². The van der Waals surface area contributed by atoms with Crippen LogP contribution < -0.4 is 0 Å². The molecule has 0 saturated carbocycles. The number of hydrogen-bond donors (Lipinski definition) is 1. The monoisotopic (exact) mass is 595 g/mol. The summed E-state index contributed by atoms with van der Waals surface area (Å²) in [6.07, 6.45) is -4.39. The van der Waals surface area contributed by atoms with E-state index in [2.05, 4.69) is 15.9 Å². The van der Waals surface area contributed by atoms with Crippen molar-refractivity contribution in [3.05, 3.63) is 0 Å². The van der Waals surface area contributed by atoms with Crippen molar-refractivity contribution in [3.63, 3.8) is 0 Å². The molecule has 22 heavy (non-hydrogen) atoms. The number of alkyl halides is 1. The maximum absolute atomic E-state index is 11.1. The van der Waals surface area contributed by atoms with E-state index < -0.39 is 47.3 Å². The van der Waals surface area contributed by atoms with Crippen LogP contribution in [0, 0.1) is 44.1 Å². The maximum atomic E-state index is 11.1. The number of esters is 3. The number of carbonyl (C=O) groups excluding carboxylic acids is 3. The van der Waals surface area contributed by atoms with Crippen LogP contribution in [0.3, 0.4) is 0 Å². The molecule has 0 amide bonds. The molecule has 10 heteroatoms. The van der Waals surface area contributed by atoms with E-state index in [1.54, 1.807) is 0 Å². The molecule has 8 nitrogen and oxygen atoms in total. The van der Waals surface area contributed by atoms with E-state index in [0.29, 0.717) is 0 Å². The molecule has 0 aromatic carbocycles. The van der Waals surface area contributed by atoms with Crippen LogP contribution in [0.1, 0.15) is 20.8 Å². The van der Waals surface area contributed by atoms with Gasteiger partial charge in [0, 0.05) is 64.8 Å². The zero-order valence-electron chi connectivity index (χ0n) is 12.4. The van der Waals surface area contributed by atoms with Crippen LogP contribution in [-0.2, 0) is 33.3 Å². The first-order valence-corrected chi connectivity index (χ1v) is 7.09. The second kappa shape index (κ2) is 10.2. The third-order valence-corrected chi connectivity index (χ3v) is 3.39. The van der Waals surface area contributed by atoms with E-state index in [1.165, 1.54) is 13.8 Å². The number of aliphatic hydroxyl groups excluding tert-OH is 1. The summed E-state index contributed by atoms with van der Waals surface area (Å²) in [7, 11) is 0. The van der Waals surface area contributed by atoms with Crippen molar-refractivity contribution < 1.29 is 82.5 Å². The van der Waals surface area contributed by atoms with Crippen LogP contribution in [0.2, 0.25) is 0 Å². The van der Waals surface area contributed by atoms with Gasteiger partial charge < -0.3 is 24.1 Å². The molecule has 1 aliphatic heterocycles. The Kier molecular flexibility index (Phi) is 10.3. The standard InChI is InChI=1S/C12H17BrO8.Ac/c1-5(14)18-4-8-10(19-6(2)15)9(17)11(12(13)21-8)20-7(3)16;/h8-12,17H,4H2,1-3H3;. The van der Waals surface area contributed by atoms with E-state index >= 15 is 0 Å². The average Bonchev–Trinajstić information content (AvgIpc) is 2.35. The van der Waals surface area contributed by atoms with Gasteiger partial charge in [-0.1, -0.05) is 15.9 Å². The Labute approximate surface area is 171 Å². The van der Waals surface area contributed by atoms with Gasteiger partial charge in [0.2, 0.25) is 0 Å². The fourth-order valence-electron chi connectivity index (χ4n) is 1.87. The average molecular weight is 596 g/mol. The van der Waals surface area contributed by atoms with Gasteiger partial charge in [0.1, 0.15) is 18.8 Å². The van der Waals surface area contributed by atoms with Crippen LogP contribution in [-0.4, -0.2) is 59.1 Å². The molecule has 5 unspecified atom stereocenters. The predicted molar refractivity (Wildman–Crippen MR) is 71.3 cm³/mol. The number of aliphatic hydroxyl groups is 1. The number of halogens is 1. The van der Waals surface area contributed by atoms with Gasteiger partial charge in [0.15, 0.2) is 17.2 Å². The topological polar surface area (TPSA) is 108 Å². The first-order chi connectivity index (χ1) is 9.72. The molecular formula is C12H17AcBrO8. The van der Waals surface area contributed by atoms with E-state index in [4.69, 9.17) is 18.9 Å². The molecule has 1 fully saturated rings. The smallest absolute Gasteiger partial charge is 0.303 e. The SMILES string of the molecule is CC(=O)OCC1OC(Br)C(OC(C)=O)C(O)C1OC(C)=O.[Ac]. The third kappa shape index (κ3) is 6.79. The van der Waals surface area contributed by atoms with Crippen LogP contribution in [0.5, 0.6) is 0 Å². The summed E-state index contributed by atoms with van der Waals surface area (Å²) in [6.45, 7) is 3.35. The van der Waals surface area contributed by atoms with Crippen molar-refractivity contribution in [2.75, 3.05) is 6.61 Å². The molecule has 1 aliphatic rings. The molecule has 1 rings (SSSR count). The number of ether oxygens (including phenoxy) is 4. The van der Waals surface area contributed by atoms with Crippen LogP contribution in [0.4, 0.5) is 0 Å². The number of hydrogen-bond acceptors (Lipinski definition) is 8. The molecule has 1 radical (unpaired) electrons. The van der Waals surface area contributed by atoms with Gasteiger partial charge in [-0.3, -0.25) is 14.4 Å². The van der Waals surface area contributed by atoms with E-state index in [-0.39, 0.29) is 50.7 Å². The van der Waals surface area contributed by atoms with E-state index in [0.717, 1.165) is 6.92 Å². The normalized spacial score (nSPS) is 30.7. The first-order valence-electron chi connectivity index (χ1n) is 6.17. The first kappa shape index (κ1) is 22.3. The van der Waals surface area contributed by atoms with Crippen molar-refractivity contribution >= 4 is 33.8 Å². The Morgan fingerprint density at radius 1 is 1.05 bits per heavy atom. The molecule has 1 N–H and O–H groups in total. The van der Waals surface area contributed by atoms with Crippen LogP contribution in [0.25, 0.3) is 0 Å². The molecule has 1 heterocycles. The van der Waals surface area contributed by atoms with Crippen molar-refractivity contribution in [3.8, 4) is 0 Å². The number of carbonyl (C=O) groups is 3. The van der Waals surface area contributed by atoms with Gasteiger partial charge in [0.05, 0.1) is 0 Å². The molecule has 0 aliphatic carbocycles. The second-order valence-corrected chi connectivity index (χ2v) is 5.37. The minimum atomic E-state index is -1.32. The van der Waals surface area contributed by atoms with E-state index in [9.17, 15) is 19.5 Å². The Balaban J connectivity index is 0.00000441. The zero-order chi connectivity index (χ0) is 16.2. The summed E-state index contributed by atoms with van der Waals surface area (Å²) in [6, 6.07) is 0.